The first-order chi connectivity index (χ1) is 15.1. The molecule has 7 nitrogen and oxygen atoms in total. The quantitative estimate of drug-likeness (QED) is 0.446. The number of benzene rings is 1. The van der Waals surface area contributed by atoms with Crippen molar-refractivity contribution in [1.29, 1.82) is 0 Å². The molecule has 10 heteroatoms. The van der Waals surface area contributed by atoms with Crippen LogP contribution in [-0.2, 0) is 19.9 Å². The lowest BCUT2D eigenvalue weighted by Gasteiger charge is -2.38. The smallest absolute Gasteiger partial charge is 0.195 e. The van der Waals surface area contributed by atoms with Gasteiger partial charge in [0.2, 0.25) is 0 Å². The van der Waals surface area contributed by atoms with Crippen molar-refractivity contribution >= 4 is 26.5 Å². The highest BCUT2D eigenvalue weighted by atomic mass is 32.2. The molecule has 0 aliphatic rings. The van der Waals surface area contributed by atoms with Crippen molar-refractivity contribution in [2.24, 2.45) is 9.17 Å². The van der Waals surface area contributed by atoms with Gasteiger partial charge in [-0.1, -0.05) is 59.7 Å². The van der Waals surface area contributed by atoms with E-state index in [1.165, 1.54) is 0 Å². The van der Waals surface area contributed by atoms with Gasteiger partial charge in [-0.25, -0.2) is 14.0 Å². The minimum absolute atomic E-state index is 0.00153. The maximum Gasteiger partial charge on any atom is 0.195 e. The minimum atomic E-state index is -3.28. The molecule has 0 saturated heterocycles. The van der Waals surface area contributed by atoms with Gasteiger partial charge in [0.1, 0.15) is 15.5 Å². The summed E-state index contributed by atoms with van der Waals surface area (Å²) in [5.41, 5.74) is -0.182. The zero-order chi connectivity index (χ0) is 26.4. The fourth-order valence-corrected chi connectivity index (χ4v) is 8.52. The van der Waals surface area contributed by atoms with Crippen molar-refractivity contribution in [1.82, 2.24) is 9.78 Å². The Balaban J connectivity index is 2.64. The molecular weight excluding hydrogens is 481 g/mol. The topological polar surface area (TPSA) is 103 Å². The maximum absolute atomic E-state index is 13.7. The summed E-state index contributed by atoms with van der Waals surface area (Å²) < 4.78 is 26.3. The number of aromatic nitrogens is 2. The molecule has 0 spiro atoms. The molecule has 0 bridgehead atoms. The second-order valence-corrected chi connectivity index (χ2v) is 24.1. The molecule has 1 aromatic carbocycles. The van der Waals surface area contributed by atoms with Gasteiger partial charge in [-0.15, -0.1) is 0 Å². The fourth-order valence-electron chi connectivity index (χ4n) is 2.79. The van der Waals surface area contributed by atoms with Crippen molar-refractivity contribution in [2.75, 3.05) is 6.61 Å². The van der Waals surface area contributed by atoms with E-state index in [4.69, 9.17) is 13.6 Å². The average Bonchev–Trinajstić information content (AvgIpc) is 3.12. The van der Waals surface area contributed by atoms with Crippen molar-refractivity contribution < 1.29 is 13.7 Å². The van der Waals surface area contributed by atoms with Gasteiger partial charge < -0.3 is 9.53 Å². The Hall–Kier alpha value is -1.31. The van der Waals surface area contributed by atoms with Crippen LogP contribution in [0.4, 0.5) is 0 Å². The third kappa shape index (κ3) is 6.27. The van der Waals surface area contributed by atoms with E-state index in [9.17, 15) is 9.32 Å². The molecule has 1 aromatic heterocycles. The van der Waals surface area contributed by atoms with Crippen LogP contribution in [0.1, 0.15) is 54.2 Å². The van der Waals surface area contributed by atoms with Gasteiger partial charge in [0.15, 0.2) is 21.6 Å². The predicted molar refractivity (Wildman–Crippen MR) is 147 cm³/mol. The highest BCUT2D eigenvalue weighted by Crippen LogP contribution is 2.39. The molecule has 2 atom stereocenters. The number of hydrogen-bond donors (Lipinski definition) is 2. The van der Waals surface area contributed by atoms with Crippen molar-refractivity contribution in [3.8, 4) is 5.69 Å². The second kappa shape index (κ2) is 9.29. The first-order valence-electron chi connectivity index (χ1n) is 11.7. The summed E-state index contributed by atoms with van der Waals surface area (Å²) >= 11 is 0. The lowest BCUT2D eigenvalue weighted by Crippen LogP contribution is -2.45. The third-order valence-corrected chi connectivity index (χ3v) is 19.1. The Morgan fingerprint density at radius 2 is 1.56 bits per heavy atom. The molecule has 0 amide bonds. The molecule has 0 aliphatic carbocycles. The average molecular weight is 525 g/mol. The van der Waals surface area contributed by atoms with E-state index >= 15 is 0 Å². The van der Waals surface area contributed by atoms with Crippen LogP contribution < -0.4 is 5.14 Å². The Kier molecular flexibility index (Phi) is 7.90. The van der Waals surface area contributed by atoms with Crippen LogP contribution in [0.15, 0.2) is 45.5 Å². The standard InChI is InChI=1S/C24H44N4O3SSi2/c1-22(2,3)33(8,9)27-32(25,30)21-17-20(28(26-21)19-15-13-12-14-16-19)24(7,29)18-31-34(10,11)23(4,5)6/h12-17,29H,18H2,1-11H3,(H2,25,27,30). The molecule has 0 saturated carbocycles. The minimum Gasteiger partial charge on any atom is -0.413 e. The molecule has 0 fully saturated rings. The van der Waals surface area contributed by atoms with Crippen molar-refractivity contribution in [3.63, 3.8) is 0 Å². The SMILES string of the molecule is CC(O)(CO[Si](C)(C)C(C)(C)C)c1cc(S(N)(=O)=N[Si](C)(C)C(C)(C)C)nn1-c1ccccc1. The van der Waals surface area contributed by atoms with Gasteiger partial charge in [0.25, 0.3) is 0 Å². The molecule has 34 heavy (non-hydrogen) atoms. The summed E-state index contributed by atoms with van der Waals surface area (Å²) in [6.45, 7) is 22.9. The van der Waals surface area contributed by atoms with E-state index < -0.39 is 32.1 Å². The first-order valence-corrected chi connectivity index (χ1v) is 19.1. The normalized spacial score (nSPS) is 17.2. The summed E-state index contributed by atoms with van der Waals surface area (Å²) in [5, 5.41) is 22.6. The molecule has 192 valence electrons. The molecule has 0 aliphatic heterocycles. The first kappa shape index (κ1) is 28.9. The Morgan fingerprint density at radius 1 is 1.03 bits per heavy atom. The zero-order valence-electron chi connectivity index (χ0n) is 22.8. The van der Waals surface area contributed by atoms with Gasteiger partial charge >= 0.3 is 0 Å². The predicted octanol–water partition coefficient (Wildman–Crippen LogP) is 5.81. The number of para-hydroxylation sites is 1. The monoisotopic (exact) mass is 524 g/mol. The highest BCUT2D eigenvalue weighted by Gasteiger charge is 2.41. The molecule has 2 rings (SSSR count). The summed E-state index contributed by atoms with van der Waals surface area (Å²) in [6.07, 6.45) is 0. The Bertz CT molecular complexity index is 1120. The van der Waals surface area contributed by atoms with Crippen molar-refractivity contribution in [3.05, 3.63) is 42.1 Å². The second-order valence-electron chi connectivity index (χ2n) is 12.4. The summed E-state index contributed by atoms with van der Waals surface area (Å²) in [7, 11) is -7.71. The van der Waals surface area contributed by atoms with Crippen LogP contribution in [0.3, 0.4) is 0 Å². The van der Waals surface area contributed by atoms with Gasteiger partial charge in [-0.05, 0) is 55.3 Å². The number of rotatable bonds is 7. The lowest BCUT2D eigenvalue weighted by molar-refractivity contribution is -0.00292. The van der Waals surface area contributed by atoms with Crippen LogP contribution in [0.25, 0.3) is 5.69 Å². The van der Waals surface area contributed by atoms with Crippen LogP contribution in [0.2, 0.25) is 36.3 Å². The zero-order valence-corrected chi connectivity index (χ0v) is 25.6. The van der Waals surface area contributed by atoms with Gasteiger partial charge in [-0.3, -0.25) is 4.03 Å². The maximum atomic E-state index is 13.7. The van der Waals surface area contributed by atoms with Gasteiger partial charge in [0, 0.05) is 6.07 Å². The van der Waals surface area contributed by atoms with E-state index in [1.807, 2.05) is 30.3 Å². The summed E-state index contributed by atoms with van der Waals surface area (Å²) in [6, 6.07) is 11.1. The van der Waals surface area contributed by atoms with Gasteiger partial charge in [-0.2, -0.15) is 5.10 Å². The van der Waals surface area contributed by atoms with E-state index in [0.29, 0.717) is 5.69 Å². The van der Waals surface area contributed by atoms with E-state index in [1.54, 1.807) is 17.7 Å². The number of nitrogens with zero attached hydrogens (tertiary/aromatic N) is 3. The highest BCUT2D eigenvalue weighted by molar-refractivity contribution is 7.92. The summed E-state index contributed by atoms with van der Waals surface area (Å²) in [4.78, 5) is 0. The van der Waals surface area contributed by atoms with E-state index in [2.05, 4.69) is 72.8 Å². The van der Waals surface area contributed by atoms with Gasteiger partial charge in [0.05, 0.1) is 18.0 Å². The van der Waals surface area contributed by atoms with Crippen LogP contribution in [0, 0.1) is 0 Å². The fraction of sp³-hybridized carbons (Fsp3) is 0.625. The molecule has 3 N–H and O–H groups in total. The van der Waals surface area contributed by atoms with E-state index in [-0.39, 0.29) is 21.7 Å². The summed E-state index contributed by atoms with van der Waals surface area (Å²) in [5.74, 6) is 0. The van der Waals surface area contributed by atoms with Crippen LogP contribution >= 0.6 is 0 Å². The van der Waals surface area contributed by atoms with Crippen molar-refractivity contribution in [2.45, 2.75) is 95.4 Å². The molecule has 1 heterocycles. The molecular formula is C24H44N4O3SSi2. The Morgan fingerprint density at radius 3 is 2.03 bits per heavy atom. The number of nitrogens with two attached hydrogens (primary N) is 1. The molecule has 2 aromatic rings. The van der Waals surface area contributed by atoms with Crippen LogP contribution in [0.5, 0.6) is 0 Å². The lowest BCUT2D eigenvalue weighted by atomic mass is 10.0. The number of aliphatic hydroxyl groups is 1. The van der Waals surface area contributed by atoms with Crippen LogP contribution in [-0.4, -0.2) is 42.3 Å². The molecule has 0 radical (unpaired) electrons. The Labute approximate surface area is 208 Å². The molecule has 2 unspecified atom stereocenters. The largest absolute Gasteiger partial charge is 0.413 e. The van der Waals surface area contributed by atoms with E-state index in [0.717, 1.165) is 5.69 Å². The third-order valence-electron chi connectivity index (χ3n) is 7.26. The number of hydrogen-bond acceptors (Lipinski definition) is 5.